The zero-order valence-corrected chi connectivity index (χ0v) is 6.59. The molecule has 2 heteroatoms. The highest BCUT2D eigenvalue weighted by Gasteiger charge is 2.25. The molecule has 1 saturated heterocycles. The van der Waals surface area contributed by atoms with Crippen molar-refractivity contribution in [2.45, 2.75) is 39.2 Å². The van der Waals surface area contributed by atoms with Gasteiger partial charge in [0.05, 0.1) is 0 Å². The number of carbonyl (C=O) groups is 1. The Kier molecular flexibility index (Phi) is 2.30. The molecule has 58 valence electrons. The predicted molar refractivity (Wildman–Crippen MR) is 38.6 cm³/mol. The molecule has 0 aromatic heterocycles. The fraction of sp³-hybridized carbons (Fsp3) is 0.875. The first-order valence-electron chi connectivity index (χ1n) is 3.93. The van der Waals surface area contributed by atoms with Gasteiger partial charge >= 0.3 is 5.97 Å². The van der Waals surface area contributed by atoms with E-state index in [1.54, 1.807) is 0 Å². The molecule has 1 fully saturated rings. The Balaban J connectivity index is 2.43. The summed E-state index contributed by atoms with van der Waals surface area (Å²) in [6.07, 6.45) is 2.89. The molecule has 1 heterocycles. The molecule has 0 radical (unpaired) electrons. The van der Waals surface area contributed by atoms with Crippen LogP contribution < -0.4 is 0 Å². The van der Waals surface area contributed by atoms with Crippen LogP contribution in [-0.2, 0) is 9.53 Å². The van der Waals surface area contributed by atoms with E-state index in [-0.39, 0.29) is 12.1 Å². The van der Waals surface area contributed by atoms with Crippen molar-refractivity contribution in [1.29, 1.82) is 0 Å². The number of hydrogen-bond donors (Lipinski definition) is 0. The van der Waals surface area contributed by atoms with Gasteiger partial charge in [-0.15, -0.1) is 0 Å². The molecule has 0 aliphatic carbocycles. The van der Waals surface area contributed by atoms with Crippen LogP contribution in [0.5, 0.6) is 0 Å². The molecule has 0 N–H and O–H groups in total. The zero-order chi connectivity index (χ0) is 7.56. The Hall–Kier alpha value is -0.530. The molecular formula is C8H14O2. The van der Waals surface area contributed by atoms with Crippen molar-refractivity contribution in [2.75, 3.05) is 0 Å². The van der Waals surface area contributed by atoms with Crippen molar-refractivity contribution in [1.82, 2.24) is 0 Å². The lowest BCUT2D eigenvalue weighted by molar-refractivity contribution is -0.156. The number of cyclic esters (lactones) is 1. The normalized spacial score (nSPS) is 33.6. The first-order chi connectivity index (χ1) is 4.74. The summed E-state index contributed by atoms with van der Waals surface area (Å²) in [4.78, 5) is 10.7. The van der Waals surface area contributed by atoms with Gasteiger partial charge in [0.25, 0.3) is 0 Å². The molecule has 1 aliphatic heterocycles. The lowest BCUT2D eigenvalue weighted by Gasteiger charge is -2.27. The lowest BCUT2D eigenvalue weighted by atomic mass is 9.93. The smallest absolute Gasteiger partial charge is 0.306 e. The molecule has 0 spiro atoms. The van der Waals surface area contributed by atoms with Crippen molar-refractivity contribution < 1.29 is 9.53 Å². The summed E-state index contributed by atoms with van der Waals surface area (Å²) in [6, 6.07) is 0. The lowest BCUT2D eigenvalue weighted by Crippen LogP contribution is -2.29. The molecule has 1 rings (SSSR count). The molecular weight excluding hydrogens is 128 g/mol. The predicted octanol–water partition coefficient (Wildman–Crippen LogP) is 1.74. The maximum Gasteiger partial charge on any atom is 0.306 e. The fourth-order valence-corrected chi connectivity index (χ4v) is 1.44. The third kappa shape index (κ3) is 1.49. The van der Waals surface area contributed by atoms with Gasteiger partial charge in [-0.05, 0) is 25.7 Å². The van der Waals surface area contributed by atoms with E-state index in [2.05, 4.69) is 6.92 Å². The summed E-state index contributed by atoms with van der Waals surface area (Å²) < 4.78 is 5.05. The second-order valence-corrected chi connectivity index (χ2v) is 2.90. The summed E-state index contributed by atoms with van der Waals surface area (Å²) in [5.41, 5.74) is 0. The van der Waals surface area contributed by atoms with Crippen LogP contribution in [0.4, 0.5) is 0 Å². The van der Waals surface area contributed by atoms with E-state index in [0.29, 0.717) is 12.3 Å². The second-order valence-electron chi connectivity index (χ2n) is 2.90. The van der Waals surface area contributed by atoms with Crippen LogP contribution in [0.15, 0.2) is 0 Å². The minimum atomic E-state index is -0.0304. The Morgan fingerprint density at radius 2 is 2.40 bits per heavy atom. The van der Waals surface area contributed by atoms with E-state index < -0.39 is 0 Å². The minimum Gasteiger partial charge on any atom is -0.462 e. The first-order valence-corrected chi connectivity index (χ1v) is 3.93. The molecule has 2 unspecified atom stereocenters. The summed E-state index contributed by atoms with van der Waals surface area (Å²) in [6.45, 7) is 4.12. The van der Waals surface area contributed by atoms with E-state index >= 15 is 0 Å². The van der Waals surface area contributed by atoms with Crippen LogP contribution in [0.1, 0.15) is 33.1 Å². The quantitative estimate of drug-likeness (QED) is 0.521. The minimum absolute atomic E-state index is 0.0304. The molecule has 10 heavy (non-hydrogen) atoms. The van der Waals surface area contributed by atoms with Crippen LogP contribution >= 0.6 is 0 Å². The molecule has 0 aromatic carbocycles. The van der Waals surface area contributed by atoms with E-state index in [1.165, 1.54) is 0 Å². The Labute approximate surface area is 61.6 Å². The van der Waals surface area contributed by atoms with Crippen LogP contribution in [-0.4, -0.2) is 12.1 Å². The standard InChI is InChI=1S/C8H14O2/c1-3-7-4-5-8(9)10-6(7)2/h6-7H,3-5H2,1-2H3. The van der Waals surface area contributed by atoms with E-state index in [0.717, 1.165) is 12.8 Å². The molecule has 0 amide bonds. The number of rotatable bonds is 1. The molecule has 2 nitrogen and oxygen atoms in total. The maximum absolute atomic E-state index is 10.7. The average Bonchev–Trinajstić information content (AvgIpc) is 1.88. The van der Waals surface area contributed by atoms with Crippen molar-refractivity contribution in [2.24, 2.45) is 5.92 Å². The molecule has 2 atom stereocenters. The van der Waals surface area contributed by atoms with Crippen LogP contribution in [0.2, 0.25) is 0 Å². The number of esters is 1. The third-order valence-corrected chi connectivity index (χ3v) is 2.22. The van der Waals surface area contributed by atoms with Crippen LogP contribution in [0, 0.1) is 5.92 Å². The highest BCUT2D eigenvalue weighted by atomic mass is 16.5. The monoisotopic (exact) mass is 142 g/mol. The summed E-state index contributed by atoms with van der Waals surface area (Å²) >= 11 is 0. The van der Waals surface area contributed by atoms with Gasteiger partial charge in [-0.1, -0.05) is 6.92 Å². The average molecular weight is 142 g/mol. The van der Waals surface area contributed by atoms with Gasteiger partial charge in [0.15, 0.2) is 0 Å². The van der Waals surface area contributed by atoms with Crippen molar-refractivity contribution in [3.63, 3.8) is 0 Å². The van der Waals surface area contributed by atoms with Gasteiger partial charge in [-0.3, -0.25) is 4.79 Å². The SMILES string of the molecule is CCC1CCC(=O)OC1C. The van der Waals surface area contributed by atoms with Gasteiger partial charge < -0.3 is 4.74 Å². The van der Waals surface area contributed by atoms with Gasteiger partial charge in [0.1, 0.15) is 6.10 Å². The summed E-state index contributed by atoms with van der Waals surface area (Å²) in [5.74, 6) is 0.565. The van der Waals surface area contributed by atoms with E-state index in [1.807, 2.05) is 6.92 Å². The topological polar surface area (TPSA) is 26.3 Å². The Morgan fingerprint density at radius 1 is 1.70 bits per heavy atom. The Bertz CT molecular complexity index is 131. The molecule has 0 aromatic rings. The highest BCUT2D eigenvalue weighted by molar-refractivity contribution is 5.70. The van der Waals surface area contributed by atoms with Crippen molar-refractivity contribution >= 4 is 5.97 Å². The van der Waals surface area contributed by atoms with Gasteiger partial charge in [0.2, 0.25) is 0 Å². The number of ether oxygens (including phenoxy) is 1. The maximum atomic E-state index is 10.7. The van der Waals surface area contributed by atoms with E-state index in [4.69, 9.17) is 4.74 Å². The first kappa shape index (κ1) is 7.58. The molecule has 0 saturated carbocycles. The van der Waals surface area contributed by atoms with E-state index in [9.17, 15) is 4.79 Å². The fourth-order valence-electron chi connectivity index (χ4n) is 1.44. The Morgan fingerprint density at radius 3 is 2.90 bits per heavy atom. The van der Waals surface area contributed by atoms with Gasteiger partial charge in [0, 0.05) is 6.42 Å². The van der Waals surface area contributed by atoms with Crippen LogP contribution in [0.3, 0.4) is 0 Å². The summed E-state index contributed by atoms with van der Waals surface area (Å²) in [7, 11) is 0. The summed E-state index contributed by atoms with van der Waals surface area (Å²) in [5, 5.41) is 0. The second kappa shape index (κ2) is 3.04. The molecule has 0 bridgehead atoms. The number of carbonyl (C=O) groups excluding carboxylic acids is 1. The number of hydrogen-bond acceptors (Lipinski definition) is 2. The molecule has 1 aliphatic rings. The van der Waals surface area contributed by atoms with Gasteiger partial charge in [-0.25, -0.2) is 0 Å². The zero-order valence-electron chi connectivity index (χ0n) is 6.59. The third-order valence-electron chi connectivity index (χ3n) is 2.22. The van der Waals surface area contributed by atoms with Crippen molar-refractivity contribution in [3.05, 3.63) is 0 Å². The van der Waals surface area contributed by atoms with Crippen LogP contribution in [0.25, 0.3) is 0 Å². The largest absolute Gasteiger partial charge is 0.462 e. The highest BCUT2D eigenvalue weighted by Crippen LogP contribution is 2.23. The van der Waals surface area contributed by atoms with Gasteiger partial charge in [-0.2, -0.15) is 0 Å². The van der Waals surface area contributed by atoms with Crippen molar-refractivity contribution in [3.8, 4) is 0 Å².